The van der Waals surface area contributed by atoms with Crippen molar-refractivity contribution in [1.82, 2.24) is 20.2 Å². The highest BCUT2D eigenvalue weighted by molar-refractivity contribution is 7.09. The zero-order valence-electron chi connectivity index (χ0n) is 15.8. The number of rotatable bonds is 7. The van der Waals surface area contributed by atoms with E-state index in [0.29, 0.717) is 6.04 Å². The highest BCUT2D eigenvalue weighted by Gasteiger charge is 2.33. The van der Waals surface area contributed by atoms with Gasteiger partial charge in [0.05, 0.1) is 6.54 Å². The molecule has 27 heavy (non-hydrogen) atoms. The van der Waals surface area contributed by atoms with Crippen molar-refractivity contribution in [2.45, 2.75) is 32.5 Å². The molecule has 3 heterocycles. The Hall–Kier alpha value is -2.09. The molecule has 0 saturated carbocycles. The van der Waals surface area contributed by atoms with Crippen LogP contribution in [-0.2, 0) is 13.1 Å². The molecule has 3 aromatic rings. The first-order valence-corrected chi connectivity index (χ1v) is 10.7. The van der Waals surface area contributed by atoms with Gasteiger partial charge in [0.15, 0.2) is 0 Å². The van der Waals surface area contributed by atoms with Gasteiger partial charge in [-0.3, -0.25) is 0 Å². The SMILES string of the molecule is CC[C@H](c1nnnn1Cc1cccs1)[NH+]1CC[NH+](Cc2ccccc2)CC1. The van der Waals surface area contributed by atoms with Crippen molar-refractivity contribution in [2.24, 2.45) is 0 Å². The molecule has 1 aliphatic rings. The standard InChI is InChI=1S/C20H26N6S/c1-2-19(20-21-22-23-26(20)16-18-9-6-14-27-18)25-12-10-24(11-13-25)15-17-7-4-3-5-8-17/h3-9,14,19H,2,10-13,15-16H2,1H3/p+2/t19-/m1/s1. The van der Waals surface area contributed by atoms with Crippen LogP contribution >= 0.6 is 11.3 Å². The molecule has 0 radical (unpaired) electrons. The third-order valence-electron chi connectivity index (χ3n) is 5.55. The summed E-state index contributed by atoms with van der Waals surface area (Å²) in [6.45, 7) is 8.90. The maximum atomic E-state index is 4.41. The molecule has 0 spiro atoms. The number of piperazine rings is 1. The third-order valence-corrected chi connectivity index (χ3v) is 6.42. The summed E-state index contributed by atoms with van der Waals surface area (Å²) in [7, 11) is 0. The molecular weight excluding hydrogens is 356 g/mol. The first-order chi connectivity index (χ1) is 13.3. The summed E-state index contributed by atoms with van der Waals surface area (Å²) in [6.07, 6.45) is 1.06. The molecule has 142 valence electrons. The first kappa shape index (κ1) is 18.3. The minimum Gasteiger partial charge on any atom is -0.322 e. The van der Waals surface area contributed by atoms with E-state index in [2.05, 4.69) is 70.3 Å². The van der Waals surface area contributed by atoms with Gasteiger partial charge in [0.25, 0.3) is 0 Å². The summed E-state index contributed by atoms with van der Waals surface area (Å²) in [5, 5.41) is 14.8. The van der Waals surface area contributed by atoms with E-state index in [1.165, 1.54) is 36.6 Å². The van der Waals surface area contributed by atoms with Gasteiger partial charge in [-0.05, 0) is 21.9 Å². The van der Waals surface area contributed by atoms with E-state index in [0.717, 1.165) is 25.3 Å². The van der Waals surface area contributed by atoms with Crippen LogP contribution in [0.1, 0.15) is 35.7 Å². The minimum absolute atomic E-state index is 0.373. The van der Waals surface area contributed by atoms with Gasteiger partial charge >= 0.3 is 0 Å². The van der Waals surface area contributed by atoms with E-state index in [9.17, 15) is 0 Å². The topological polar surface area (TPSA) is 52.5 Å². The molecule has 1 fully saturated rings. The Balaban J connectivity index is 1.39. The molecule has 1 aliphatic heterocycles. The zero-order valence-corrected chi connectivity index (χ0v) is 16.7. The molecule has 1 saturated heterocycles. The Morgan fingerprint density at radius 2 is 1.89 bits per heavy atom. The lowest BCUT2D eigenvalue weighted by Gasteiger charge is -2.33. The van der Waals surface area contributed by atoms with Gasteiger partial charge in [0.2, 0.25) is 5.82 Å². The molecule has 1 atom stereocenters. The number of nitrogens with zero attached hydrogens (tertiary/aromatic N) is 4. The number of thiophene rings is 1. The second-order valence-corrected chi connectivity index (χ2v) is 8.34. The monoisotopic (exact) mass is 384 g/mol. The van der Waals surface area contributed by atoms with E-state index in [-0.39, 0.29) is 0 Å². The fourth-order valence-corrected chi connectivity index (χ4v) is 4.80. The Morgan fingerprint density at radius 3 is 2.59 bits per heavy atom. The van der Waals surface area contributed by atoms with Crippen molar-refractivity contribution in [3.63, 3.8) is 0 Å². The molecule has 0 bridgehead atoms. The zero-order chi connectivity index (χ0) is 18.5. The number of tetrazole rings is 1. The van der Waals surface area contributed by atoms with Crippen molar-refractivity contribution < 1.29 is 9.80 Å². The van der Waals surface area contributed by atoms with Gasteiger partial charge in [-0.15, -0.1) is 16.4 Å². The predicted octanol–water partition coefficient (Wildman–Crippen LogP) is 0.218. The van der Waals surface area contributed by atoms with Crippen molar-refractivity contribution in [1.29, 1.82) is 0 Å². The number of nitrogens with one attached hydrogen (secondary N) is 2. The number of hydrogen-bond acceptors (Lipinski definition) is 4. The van der Waals surface area contributed by atoms with Crippen LogP contribution in [0, 0.1) is 0 Å². The smallest absolute Gasteiger partial charge is 0.209 e. The summed E-state index contributed by atoms with van der Waals surface area (Å²) in [5.74, 6) is 1.03. The van der Waals surface area contributed by atoms with Crippen molar-refractivity contribution in [3.8, 4) is 0 Å². The molecule has 2 N–H and O–H groups in total. The highest BCUT2D eigenvalue weighted by atomic mass is 32.1. The summed E-state index contributed by atoms with van der Waals surface area (Å²) >= 11 is 1.76. The Morgan fingerprint density at radius 1 is 1.07 bits per heavy atom. The van der Waals surface area contributed by atoms with Crippen LogP contribution in [-0.4, -0.2) is 46.4 Å². The third kappa shape index (κ3) is 4.43. The molecule has 2 aromatic heterocycles. The van der Waals surface area contributed by atoms with Crippen molar-refractivity contribution in [3.05, 3.63) is 64.1 Å². The quantitative estimate of drug-likeness (QED) is 0.613. The van der Waals surface area contributed by atoms with Gasteiger partial charge in [-0.2, -0.15) is 0 Å². The molecule has 1 aromatic carbocycles. The molecule has 7 heteroatoms. The summed E-state index contributed by atoms with van der Waals surface area (Å²) in [4.78, 5) is 4.60. The van der Waals surface area contributed by atoms with E-state index >= 15 is 0 Å². The summed E-state index contributed by atoms with van der Waals surface area (Å²) in [5.41, 5.74) is 1.43. The predicted molar refractivity (Wildman–Crippen MR) is 106 cm³/mol. The highest BCUT2D eigenvalue weighted by Crippen LogP contribution is 2.14. The number of benzene rings is 1. The lowest BCUT2D eigenvalue weighted by Crippen LogP contribution is -3.27. The van der Waals surface area contributed by atoms with Crippen LogP contribution in [0.5, 0.6) is 0 Å². The van der Waals surface area contributed by atoms with Crippen LogP contribution in [0.2, 0.25) is 0 Å². The molecule has 0 amide bonds. The largest absolute Gasteiger partial charge is 0.322 e. The van der Waals surface area contributed by atoms with E-state index in [1.807, 2.05) is 4.68 Å². The van der Waals surface area contributed by atoms with Crippen LogP contribution in [0.15, 0.2) is 47.8 Å². The van der Waals surface area contributed by atoms with Gasteiger partial charge in [-0.25, -0.2) is 4.68 Å². The fraction of sp³-hybridized carbons (Fsp3) is 0.450. The average Bonchev–Trinajstić information content (AvgIpc) is 3.38. The maximum absolute atomic E-state index is 4.41. The number of hydrogen-bond donors (Lipinski definition) is 2. The Bertz CT molecular complexity index is 808. The van der Waals surface area contributed by atoms with Crippen LogP contribution < -0.4 is 9.80 Å². The summed E-state index contributed by atoms with van der Waals surface area (Å²) < 4.78 is 2.00. The molecule has 6 nitrogen and oxygen atoms in total. The van der Waals surface area contributed by atoms with Crippen molar-refractivity contribution >= 4 is 11.3 Å². The lowest BCUT2D eigenvalue weighted by molar-refractivity contribution is -1.03. The lowest BCUT2D eigenvalue weighted by atomic mass is 10.1. The molecular formula is C20H28N6S+2. The van der Waals surface area contributed by atoms with E-state index in [4.69, 9.17) is 0 Å². The molecule has 4 rings (SSSR count). The second-order valence-electron chi connectivity index (χ2n) is 7.31. The van der Waals surface area contributed by atoms with Crippen LogP contribution in [0.3, 0.4) is 0 Å². The van der Waals surface area contributed by atoms with Crippen LogP contribution in [0.4, 0.5) is 0 Å². The summed E-state index contributed by atoms with van der Waals surface area (Å²) in [6, 6.07) is 15.4. The van der Waals surface area contributed by atoms with Gasteiger partial charge in [-0.1, -0.05) is 43.3 Å². The average molecular weight is 385 g/mol. The second kappa shape index (κ2) is 8.73. The van der Waals surface area contributed by atoms with Crippen LogP contribution in [0.25, 0.3) is 0 Å². The normalized spacial score (nSPS) is 21.2. The Labute approximate surface area is 164 Å². The molecule has 0 aliphatic carbocycles. The number of aromatic nitrogens is 4. The van der Waals surface area contributed by atoms with Crippen molar-refractivity contribution in [2.75, 3.05) is 26.2 Å². The van der Waals surface area contributed by atoms with Gasteiger partial charge in [0.1, 0.15) is 38.8 Å². The van der Waals surface area contributed by atoms with Gasteiger partial charge < -0.3 is 9.80 Å². The fourth-order valence-electron chi connectivity index (χ4n) is 4.11. The number of quaternary nitrogens is 2. The Kier molecular flexibility index (Phi) is 5.91. The molecule has 0 unspecified atom stereocenters. The van der Waals surface area contributed by atoms with E-state index < -0.39 is 0 Å². The van der Waals surface area contributed by atoms with Gasteiger partial charge in [0, 0.05) is 16.9 Å². The minimum atomic E-state index is 0.373. The first-order valence-electron chi connectivity index (χ1n) is 9.84. The maximum Gasteiger partial charge on any atom is 0.209 e. The van der Waals surface area contributed by atoms with E-state index in [1.54, 1.807) is 21.1 Å².